The molecule has 0 bridgehead atoms. The second-order valence-electron chi connectivity index (χ2n) is 4.03. The van der Waals surface area contributed by atoms with E-state index in [-0.39, 0.29) is 0 Å². The molecule has 4 heteroatoms. The number of nitrogens with one attached hydrogen (secondary N) is 2. The van der Waals surface area contributed by atoms with Crippen LogP contribution >= 0.6 is 11.8 Å². The first kappa shape index (κ1) is 12.3. The Bertz CT molecular complexity index is 478. The van der Waals surface area contributed by atoms with Crippen LogP contribution in [0.5, 0.6) is 0 Å². The molecule has 0 saturated heterocycles. The normalized spacial score (nSPS) is 10.9. The van der Waals surface area contributed by atoms with Gasteiger partial charge < -0.3 is 10.3 Å². The number of fused-ring (bicyclic) bond motifs is 1. The van der Waals surface area contributed by atoms with E-state index in [0.29, 0.717) is 0 Å². The summed E-state index contributed by atoms with van der Waals surface area (Å²) in [6.45, 7) is 5.22. The third-order valence-corrected chi connectivity index (χ3v) is 3.58. The number of aromatic nitrogens is 2. The molecule has 0 unspecified atom stereocenters. The number of benzene rings is 1. The molecule has 2 N–H and O–H groups in total. The molecule has 1 heterocycles. The molecule has 0 saturated carbocycles. The molecular weight excluding hydrogens is 230 g/mol. The fourth-order valence-electron chi connectivity index (χ4n) is 1.80. The lowest BCUT2D eigenvalue weighted by Crippen LogP contribution is -2.02. The van der Waals surface area contributed by atoms with Gasteiger partial charge in [-0.1, -0.05) is 6.92 Å². The molecule has 0 radical (unpaired) electrons. The van der Waals surface area contributed by atoms with Gasteiger partial charge in [0.15, 0.2) is 0 Å². The molecule has 0 amide bonds. The number of anilines is 1. The van der Waals surface area contributed by atoms with Crippen LogP contribution in [-0.4, -0.2) is 28.0 Å². The van der Waals surface area contributed by atoms with Crippen LogP contribution in [0.15, 0.2) is 18.2 Å². The maximum atomic E-state index is 4.39. The Labute approximate surface area is 106 Å². The van der Waals surface area contributed by atoms with Crippen LogP contribution in [0.25, 0.3) is 11.0 Å². The quantitative estimate of drug-likeness (QED) is 0.771. The number of rotatable bonds is 6. The van der Waals surface area contributed by atoms with E-state index in [2.05, 4.69) is 40.4 Å². The van der Waals surface area contributed by atoms with Gasteiger partial charge >= 0.3 is 0 Å². The lowest BCUT2D eigenvalue weighted by molar-refractivity contribution is 0.992. The molecule has 0 spiro atoms. The van der Waals surface area contributed by atoms with Gasteiger partial charge in [0.1, 0.15) is 5.82 Å². The molecule has 17 heavy (non-hydrogen) atoms. The standard InChI is InChI=1S/C13H19N3S/c1-3-17-8-4-7-14-11-5-6-12-13(9-11)16-10(2)15-12/h5-6,9,14H,3-4,7-8H2,1-2H3,(H,15,16). The summed E-state index contributed by atoms with van der Waals surface area (Å²) in [5.74, 6) is 3.41. The molecule has 92 valence electrons. The zero-order valence-electron chi connectivity index (χ0n) is 10.4. The number of hydrogen-bond donors (Lipinski definition) is 2. The van der Waals surface area contributed by atoms with Gasteiger partial charge in [0.05, 0.1) is 11.0 Å². The van der Waals surface area contributed by atoms with Crippen LogP contribution < -0.4 is 5.32 Å². The predicted octanol–water partition coefficient (Wildman–Crippen LogP) is 3.43. The van der Waals surface area contributed by atoms with Crippen molar-refractivity contribution in [2.45, 2.75) is 20.3 Å². The molecule has 0 aliphatic rings. The van der Waals surface area contributed by atoms with E-state index in [1.54, 1.807) is 0 Å². The first-order chi connectivity index (χ1) is 8.29. The van der Waals surface area contributed by atoms with Crippen LogP contribution in [0.1, 0.15) is 19.2 Å². The Morgan fingerprint density at radius 2 is 2.29 bits per heavy atom. The smallest absolute Gasteiger partial charge is 0.104 e. The van der Waals surface area contributed by atoms with Crippen molar-refractivity contribution in [2.75, 3.05) is 23.4 Å². The zero-order chi connectivity index (χ0) is 12.1. The van der Waals surface area contributed by atoms with E-state index in [0.717, 1.165) is 23.4 Å². The Morgan fingerprint density at radius 3 is 3.12 bits per heavy atom. The highest BCUT2D eigenvalue weighted by atomic mass is 32.2. The van der Waals surface area contributed by atoms with Gasteiger partial charge in [0, 0.05) is 12.2 Å². The molecule has 0 aliphatic heterocycles. The van der Waals surface area contributed by atoms with E-state index >= 15 is 0 Å². The van der Waals surface area contributed by atoms with Gasteiger partial charge in [0.25, 0.3) is 0 Å². The number of aromatic amines is 1. The van der Waals surface area contributed by atoms with Crippen molar-refractivity contribution in [2.24, 2.45) is 0 Å². The van der Waals surface area contributed by atoms with E-state index < -0.39 is 0 Å². The number of imidazole rings is 1. The van der Waals surface area contributed by atoms with Crippen LogP contribution in [0.3, 0.4) is 0 Å². The van der Waals surface area contributed by atoms with Gasteiger partial charge in [-0.25, -0.2) is 4.98 Å². The van der Waals surface area contributed by atoms with Crippen molar-refractivity contribution < 1.29 is 0 Å². The van der Waals surface area contributed by atoms with Gasteiger partial charge in [-0.2, -0.15) is 11.8 Å². The summed E-state index contributed by atoms with van der Waals surface area (Å²) in [5, 5.41) is 3.44. The minimum Gasteiger partial charge on any atom is -0.385 e. The third kappa shape index (κ3) is 3.40. The molecule has 1 aromatic heterocycles. The topological polar surface area (TPSA) is 40.7 Å². The molecule has 3 nitrogen and oxygen atoms in total. The molecule has 2 rings (SSSR count). The van der Waals surface area contributed by atoms with Crippen molar-refractivity contribution in [3.05, 3.63) is 24.0 Å². The number of nitrogens with zero attached hydrogens (tertiary/aromatic N) is 1. The lowest BCUT2D eigenvalue weighted by atomic mass is 10.2. The van der Waals surface area contributed by atoms with Crippen molar-refractivity contribution >= 4 is 28.5 Å². The van der Waals surface area contributed by atoms with E-state index in [1.165, 1.54) is 23.6 Å². The van der Waals surface area contributed by atoms with E-state index in [9.17, 15) is 0 Å². The average molecular weight is 249 g/mol. The Kier molecular flexibility index (Phi) is 4.31. The fourth-order valence-corrected chi connectivity index (χ4v) is 2.44. The first-order valence-electron chi connectivity index (χ1n) is 6.07. The second-order valence-corrected chi connectivity index (χ2v) is 5.43. The summed E-state index contributed by atoms with van der Waals surface area (Å²) in [4.78, 5) is 7.64. The summed E-state index contributed by atoms with van der Waals surface area (Å²) in [5.41, 5.74) is 3.31. The summed E-state index contributed by atoms with van der Waals surface area (Å²) < 4.78 is 0. The van der Waals surface area contributed by atoms with Crippen molar-refractivity contribution in [3.8, 4) is 0 Å². The second kappa shape index (κ2) is 5.96. The Hall–Kier alpha value is -1.16. The monoisotopic (exact) mass is 249 g/mol. The maximum Gasteiger partial charge on any atom is 0.104 e. The van der Waals surface area contributed by atoms with Crippen molar-refractivity contribution in [1.29, 1.82) is 0 Å². The Morgan fingerprint density at radius 1 is 1.41 bits per heavy atom. The predicted molar refractivity (Wildman–Crippen MR) is 76.9 cm³/mol. The number of aryl methyl sites for hydroxylation is 1. The SMILES string of the molecule is CCSCCCNc1ccc2nc(C)[nH]c2c1. The van der Waals surface area contributed by atoms with Gasteiger partial charge in [-0.3, -0.25) is 0 Å². The van der Waals surface area contributed by atoms with E-state index in [4.69, 9.17) is 0 Å². The number of thioether (sulfide) groups is 1. The summed E-state index contributed by atoms with van der Waals surface area (Å²) >= 11 is 1.99. The molecule has 0 aliphatic carbocycles. The number of H-pyrrole nitrogens is 1. The van der Waals surface area contributed by atoms with Gasteiger partial charge in [0.2, 0.25) is 0 Å². The van der Waals surface area contributed by atoms with Crippen LogP contribution in [0, 0.1) is 6.92 Å². The number of hydrogen-bond acceptors (Lipinski definition) is 3. The molecule has 2 aromatic rings. The highest BCUT2D eigenvalue weighted by Gasteiger charge is 2.00. The minimum atomic E-state index is 0.969. The molecule has 0 atom stereocenters. The molecular formula is C13H19N3S. The zero-order valence-corrected chi connectivity index (χ0v) is 11.2. The first-order valence-corrected chi connectivity index (χ1v) is 7.23. The average Bonchev–Trinajstić information content (AvgIpc) is 2.68. The molecule has 0 fully saturated rings. The van der Waals surface area contributed by atoms with E-state index in [1.807, 2.05) is 18.7 Å². The molecule has 1 aromatic carbocycles. The van der Waals surface area contributed by atoms with Crippen LogP contribution in [-0.2, 0) is 0 Å². The van der Waals surface area contributed by atoms with Gasteiger partial charge in [-0.05, 0) is 43.0 Å². The summed E-state index contributed by atoms with van der Waals surface area (Å²) in [6.07, 6.45) is 1.21. The van der Waals surface area contributed by atoms with Crippen molar-refractivity contribution in [3.63, 3.8) is 0 Å². The van der Waals surface area contributed by atoms with Crippen LogP contribution in [0.4, 0.5) is 5.69 Å². The lowest BCUT2D eigenvalue weighted by Gasteiger charge is -2.05. The van der Waals surface area contributed by atoms with Gasteiger partial charge in [-0.15, -0.1) is 0 Å². The Balaban J connectivity index is 1.90. The highest BCUT2D eigenvalue weighted by Crippen LogP contribution is 2.17. The fraction of sp³-hybridized carbons (Fsp3) is 0.462. The van der Waals surface area contributed by atoms with Crippen molar-refractivity contribution in [1.82, 2.24) is 9.97 Å². The maximum absolute atomic E-state index is 4.39. The largest absolute Gasteiger partial charge is 0.385 e. The third-order valence-electron chi connectivity index (χ3n) is 2.60. The minimum absolute atomic E-state index is 0.969. The summed E-state index contributed by atoms with van der Waals surface area (Å²) in [6, 6.07) is 6.28. The van der Waals surface area contributed by atoms with Crippen LogP contribution in [0.2, 0.25) is 0 Å². The summed E-state index contributed by atoms with van der Waals surface area (Å²) in [7, 11) is 0. The highest BCUT2D eigenvalue weighted by molar-refractivity contribution is 7.99.